The number of hydrogen-bond donors (Lipinski definition) is 10. The molecule has 0 bridgehead atoms. The van der Waals surface area contributed by atoms with Crippen molar-refractivity contribution in [3.05, 3.63) is 118 Å². The van der Waals surface area contributed by atoms with Gasteiger partial charge in [-0.25, -0.2) is 0 Å². The van der Waals surface area contributed by atoms with Crippen LogP contribution in [0.4, 0.5) is 0 Å². The molecule has 12 nitrogen and oxygen atoms in total. The first-order chi connectivity index (χ1) is 23.9. The highest BCUT2D eigenvalue weighted by Crippen LogP contribution is 2.59. The zero-order chi connectivity index (χ0) is 35.4. The highest BCUT2D eigenvalue weighted by molar-refractivity contribution is 7.98. The first-order valence-electron chi connectivity index (χ1n) is 15.5. The summed E-state index contributed by atoms with van der Waals surface area (Å²) in [5.74, 6) is -4.84. The number of aliphatic hydroxyl groups excluding tert-OH is 2. The topological polar surface area (TPSA) is 221 Å². The fraction of sp³-hybridized carbons (Fsp3) is 0.189. The molecule has 0 aromatic heterocycles. The monoisotopic (exact) mass is 700 g/mol. The summed E-state index contributed by atoms with van der Waals surface area (Å²) >= 11 is 1.27. The van der Waals surface area contributed by atoms with Gasteiger partial charge in [0.15, 0.2) is 35.2 Å². The van der Waals surface area contributed by atoms with Gasteiger partial charge in [0.1, 0.15) is 46.7 Å². The Morgan fingerprint density at radius 2 is 1.08 bits per heavy atom. The van der Waals surface area contributed by atoms with Crippen LogP contribution >= 0.6 is 11.8 Å². The maximum absolute atomic E-state index is 12.1. The summed E-state index contributed by atoms with van der Waals surface area (Å²) in [5.41, 5.74) is 1.19. The minimum atomic E-state index is -1.64. The predicted molar refractivity (Wildman–Crippen MR) is 180 cm³/mol. The molecule has 0 radical (unpaired) electrons. The van der Waals surface area contributed by atoms with Crippen molar-refractivity contribution in [2.24, 2.45) is 0 Å². The third kappa shape index (κ3) is 5.64. The summed E-state index contributed by atoms with van der Waals surface area (Å²) in [6.45, 7) is 0. The average Bonchev–Trinajstić information content (AvgIpc) is 3.08. The second kappa shape index (κ2) is 12.7. The van der Waals surface area contributed by atoms with Gasteiger partial charge in [0, 0.05) is 35.1 Å². The van der Waals surface area contributed by atoms with Gasteiger partial charge in [0.2, 0.25) is 0 Å². The number of ether oxygens (including phenoxy) is 2. The van der Waals surface area contributed by atoms with Crippen LogP contribution in [0.3, 0.4) is 0 Å². The normalized spacial score (nSPS) is 22.5. The number of aromatic hydroxyl groups is 8. The predicted octanol–water partition coefficient (Wildman–Crippen LogP) is 5.43. The smallest absolute Gasteiger partial charge is 0.157 e. The van der Waals surface area contributed by atoms with Crippen LogP contribution in [0, 0.1) is 0 Å². The second-order valence-electron chi connectivity index (χ2n) is 12.2. The van der Waals surface area contributed by atoms with Crippen LogP contribution in [0.5, 0.6) is 57.5 Å². The van der Waals surface area contributed by atoms with E-state index in [-0.39, 0.29) is 45.3 Å². The summed E-state index contributed by atoms with van der Waals surface area (Å²) in [6, 6.07) is 20.5. The van der Waals surface area contributed by atoms with Crippen LogP contribution < -0.4 is 9.47 Å². The minimum Gasteiger partial charge on any atom is -0.508 e. The molecule has 2 aliphatic rings. The third-order valence-corrected chi connectivity index (χ3v) is 10.4. The second-order valence-corrected chi connectivity index (χ2v) is 13.3. The van der Waals surface area contributed by atoms with E-state index >= 15 is 0 Å². The van der Waals surface area contributed by atoms with Gasteiger partial charge in [-0.15, -0.1) is 11.8 Å². The van der Waals surface area contributed by atoms with Crippen molar-refractivity contribution < 1.29 is 60.5 Å². The molecule has 0 fully saturated rings. The molecular weight excluding hydrogens is 668 g/mol. The quantitative estimate of drug-likeness (QED) is 0.100. The van der Waals surface area contributed by atoms with E-state index in [1.165, 1.54) is 60.3 Å². The fourth-order valence-corrected chi connectivity index (χ4v) is 7.96. The van der Waals surface area contributed by atoms with E-state index in [0.29, 0.717) is 11.3 Å². The molecule has 0 saturated carbocycles. The van der Waals surface area contributed by atoms with Gasteiger partial charge >= 0.3 is 0 Å². The number of rotatable bonds is 6. The average molecular weight is 701 g/mol. The van der Waals surface area contributed by atoms with Crippen LogP contribution in [0.1, 0.15) is 56.8 Å². The molecule has 2 heterocycles. The van der Waals surface area contributed by atoms with Crippen molar-refractivity contribution in [3.8, 4) is 57.5 Å². The third-order valence-electron chi connectivity index (χ3n) is 9.04. The van der Waals surface area contributed by atoms with Gasteiger partial charge in [-0.2, -0.15) is 0 Å². The van der Waals surface area contributed by atoms with E-state index < -0.39 is 70.1 Å². The number of benzene rings is 5. The van der Waals surface area contributed by atoms with Crippen molar-refractivity contribution in [3.63, 3.8) is 0 Å². The van der Waals surface area contributed by atoms with Crippen molar-refractivity contribution >= 4 is 11.8 Å². The van der Waals surface area contributed by atoms with Crippen molar-refractivity contribution in [2.75, 3.05) is 0 Å². The van der Waals surface area contributed by atoms with Gasteiger partial charge in [-0.3, -0.25) is 0 Å². The number of phenolic OH excluding ortho intramolecular Hbond substituents is 8. The summed E-state index contributed by atoms with van der Waals surface area (Å²) in [4.78, 5) is 0. The Kier molecular flexibility index (Phi) is 8.34. The van der Waals surface area contributed by atoms with E-state index in [2.05, 4.69) is 0 Å². The fourth-order valence-electron chi connectivity index (χ4n) is 6.66. The van der Waals surface area contributed by atoms with Gasteiger partial charge < -0.3 is 60.5 Å². The minimum absolute atomic E-state index is 0.00566. The van der Waals surface area contributed by atoms with E-state index in [0.717, 1.165) is 11.6 Å². The van der Waals surface area contributed by atoms with Crippen molar-refractivity contribution in [2.45, 2.75) is 41.3 Å². The zero-order valence-electron chi connectivity index (χ0n) is 26.0. The molecule has 5 aromatic rings. The molecule has 0 saturated heterocycles. The lowest BCUT2D eigenvalue weighted by Gasteiger charge is -2.40. The highest BCUT2D eigenvalue weighted by Gasteiger charge is 2.47. The van der Waals surface area contributed by atoms with E-state index in [4.69, 9.17) is 9.47 Å². The highest BCUT2D eigenvalue weighted by atomic mass is 32.2. The Morgan fingerprint density at radius 3 is 1.68 bits per heavy atom. The largest absolute Gasteiger partial charge is 0.508 e. The molecule has 5 aromatic carbocycles. The molecule has 6 unspecified atom stereocenters. The molecule has 10 N–H and O–H groups in total. The summed E-state index contributed by atoms with van der Waals surface area (Å²) < 4.78 is 12.2. The summed E-state index contributed by atoms with van der Waals surface area (Å²) in [6.07, 6.45) is -5.41. The standard InChI is InChI=1S/C37H32O12S/c38-19-12-24(43)28-26(13-19)48-35(17-6-8-20(39)22(41)10-17)33(46)31(28)29-25(44)14-27-30(32(29)45)37(50-15-16-4-2-1-3-5-16)34(47)36(49-27)18-7-9-21(40)23(42)11-18/h1-14,31,33-47H,15H2. The molecule has 258 valence electrons. The van der Waals surface area contributed by atoms with Gasteiger partial charge in [0.25, 0.3) is 0 Å². The lowest BCUT2D eigenvalue weighted by Crippen LogP contribution is -2.36. The van der Waals surface area contributed by atoms with E-state index in [1.54, 1.807) is 0 Å². The Balaban J connectivity index is 1.39. The molecule has 6 atom stereocenters. The summed E-state index contributed by atoms with van der Waals surface area (Å²) in [7, 11) is 0. The molecule has 0 aliphatic carbocycles. The molecule has 50 heavy (non-hydrogen) atoms. The zero-order valence-corrected chi connectivity index (χ0v) is 26.8. The van der Waals surface area contributed by atoms with Crippen molar-refractivity contribution in [1.29, 1.82) is 0 Å². The molecule has 7 rings (SSSR count). The SMILES string of the molecule is Oc1cc(O)c2c(c1)OC(c1ccc(O)c(O)c1)C(O)C2c1c(O)cc2c(c1O)C(SCc1ccccc1)C(O)C(c1ccc(O)c(O)c1)O2. The Bertz CT molecular complexity index is 2090. The Morgan fingerprint density at radius 1 is 0.520 bits per heavy atom. The van der Waals surface area contributed by atoms with Crippen LogP contribution in [-0.4, -0.2) is 63.3 Å². The molecule has 0 amide bonds. The first-order valence-corrected chi connectivity index (χ1v) is 16.5. The lowest BCUT2D eigenvalue weighted by atomic mass is 9.77. The Labute approximate surface area is 288 Å². The number of fused-ring (bicyclic) bond motifs is 2. The number of hydrogen-bond acceptors (Lipinski definition) is 13. The maximum atomic E-state index is 12.1. The van der Waals surface area contributed by atoms with Crippen LogP contribution in [0.15, 0.2) is 84.9 Å². The summed E-state index contributed by atoms with van der Waals surface area (Å²) in [5, 5.41) is 108. The maximum Gasteiger partial charge on any atom is 0.157 e. The molecule has 2 aliphatic heterocycles. The van der Waals surface area contributed by atoms with E-state index in [9.17, 15) is 51.1 Å². The van der Waals surface area contributed by atoms with Gasteiger partial charge in [0.05, 0.1) is 16.7 Å². The van der Waals surface area contributed by atoms with E-state index in [1.807, 2.05) is 30.3 Å². The number of aliphatic hydroxyl groups is 2. The van der Waals surface area contributed by atoms with Gasteiger partial charge in [-0.05, 0) is 41.0 Å². The molecule has 13 heteroatoms. The molecular formula is C37H32O12S. The van der Waals surface area contributed by atoms with Crippen LogP contribution in [-0.2, 0) is 5.75 Å². The van der Waals surface area contributed by atoms with Crippen molar-refractivity contribution in [1.82, 2.24) is 0 Å². The van der Waals surface area contributed by atoms with Crippen LogP contribution in [0.25, 0.3) is 0 Å². The number of phenols is 8. The van der Waals surface area contributed by atoms with Crippen LogP contribution in [0.2, 0.25) is 0 Å². The number of thioether (sulfide) groups is 1. The van der Waals surface area contributed by atoms with Gasteiger partial charge in [-0.1, -0.05) is 42.5 Å². The first kappa shape index (κ1) is 32.9. The lowest BCUT2D eigenvalue weighted by molar-refractivity contribution is 0.00558. The Hall–Kier alpha value is -5.63. The molecule has 0 spiro atoms.